The van der Waals surface area contributed by atoms with Gasteiger partial charge in [0.25, 0.3) is 5.56 Å². The zero-order chi connectivity index (χ0) is 10.1. The summed E-state index contributed by atoms with van der Waals surface area (Å²) >= 11 is 0. The number of anilines is 1. The summed E-state index contributed by atoms with van der Waals surface area (Å²) in [5.74, 6) is 5.75. The Balaban J connectivity index is 2.97. The van der Waals surface area contributed by atoms with Gasteiger partial charge in [-0.3, -0.25) is 9.78 Å². The van der Waals surface area contributed by atoms with Crippen LogP contribution in [-0.2, 0) is 7.05 Å². The van der Waals surface area contributed by atoms with Crippen molar-refractivity contribution >= 4 is 16.6 Å². The SMILES string of the molecule is Cn1nc(NN)c2ccncc2c1=O. The van der Waals surface area contributed by atoms with Crippen molar-refractivity contribution in [2.24, 2.45) is 12.9 Å². The van der Waals surface area contributed by atoms with Crippen LogP contribution in [-0.4, -0.2) is 14.8 Å². The zero-order valence-electron chi connectivity index (χ0n) is 7.56. The van der Waals surface area contributed by atoms with E-state index in [1.165, 1.54) is 10.9 Å². The van der Waals surface area contributed by atoms with Gasteiger partial charge in [0.1, 0.15) is 0 Å². The molecule has 0 radical (unpaired) electrons. The molecule has 6 nitrogen and oxygen atoms in total. The first-order chi connectivity index (χ1) is 6.74. The lowest BCUT2D eigenvalue weighted by molar-refractivity contribution is 0.720. The Labute approximate surface area is 79.3 Å². The minimum absolute atomic E-state index is 0.188. The number of aryl methyl sites for hydroxylation is 1. The number of nitrogens with two attached hydrogens (primary N) is 1. The van der Waals surface area contributed by atoms with Gasteiger partial charge in [0, 0.05) is 24.8 Å². The molecular weight excluding hydrogens is 182 g/mol. The molecule has 72 valence electrons. The summed E-state index contributed by atoms with van der Waals surface area (Å²) in [4.78, 5) is 15.5. The van der Waals surface area contributed by atoms with Crippen molar-refractivity contribution in [1.29, 1.82) is 0 Å². The highest BCUT2D eigenvalue weighted by molar-refractivity contribution is 5.89. The summed E-state index contributed by atoms with van der Waals surface area (Å²) < 4.78 is 1.22. The van der Waals surface area contributed by atoms with Crippen molar-refractivity contribution < 1.29 is 0 Å². The number of rotatable bonds is 1. The molecule has 0 spiro atoms. The van der Waals surface area contributed by atoms with Gasteiger partial charge in [-0.1, -0.05) is 0 Å². The topological polar surface area (TPSA) is 85.8 Å². The van der Waals surface area contributed by atoms with Gasteiger partial charge in [-0.25, -0.2) is 10.5 Å². The Morgan fingerprint density at radius 1 is 1.50 bits per heavy atom. The highest BCUT2D eigenvalue weighted by Crippen LogP contribution is 2.14. The lowest BCUT2D eigenvalue weighted by Crippen LogP contribution is -2.23. The van der Waals surface area contributed by atoms with Crippen LogP contribution in [0.2, 0.25) is 0 Å². The van der Waals surface area contributed by atoms with Crippen LogP contribution in [0.5, 0.6) is 0 Å². The fourth-order valence-corrected chi connectivity index (χ4v) is 1.30. The Kier molecular flexibility index (Phi) is 1.90. The van der Waals surface area contributed by atoms with Crippen LogP contribution >= 0.6 is 0 Å². The Morgan fingerprint density at radius 2 is 2.29 bits per heavy atom. The molecule has 0 aromatic carbocycles. The largest absolute Gasteiger partial charge is 0.307 e. The molecule has 3 N–H and O–H groups in total. The zero-order valence-corrected chi connectivity index (χ0v) is 7.56. The minimum atomic E-state index is -0.188. The molecule has 2 rings (SSSR count). The second-order valence-corrected chi connectivity index (χ2v) is 2.84. The predicted octanol–water partition coefficient (Wildman–Crippen LogP) is -0.386. The molecule has 0 bridgehead atoms. The van der Waals surface area contributed by atoms with Gasteiger partial charge in [0.05, 0.1) is 5.39 Å². The first-order valence-corrected chi connectivity index (χ1v) is 4.01. The summed E-state index contributed by atoms with van der Waals surface area (Å²) in [6, 6.07) is 1.69. The fourth-order valence-electron chi connectivity index (χ4n) is 1.30. The number of aromatic nitrogens is 3. The molecule has 0 aliphatic rings. The number of hydrazine groups is 1. The smallest absolute Gasteiger partial charge is 0.276 e. The highest BCUT2D eigenvalue weighted by atomic mass is 16.1. The second-order valence-electron chi connectivity index (χ2n) is 2.84. The van der Waals surface area contributed by atoms with Gasteiger partial charge >= 0.3 is 0 Å². The molecule has 2 heterocycles. The van der Waals surface area contributed by atoms with Crippen LogP contribution in [0.3, 0.4) is 0 Å². The van der Waals surface area contributed by atoms with Crippen molar-refractivity contribution in [3.05, 3.63) is 28.8 Å². The van der Waals surface area contributed by atoms with E-state index in [0.29, 0.717) is 16.6 Å². The first-order valence-electron chi connectivity index (χ1n) is 4.01. The molecule has 6 heteroatoms. The molecule has 0 aliphatic heterocycles. The van der Waals surface area contributed by atoms with E-state index >= 15 is 0 Å². The van der Waals surface area contributed by atoms with Crippen LogP contribution in [0.15, 0.2) is 23.3 Å². The van der Waals surface area contributed by atoms with Crippen LogP contribution in [0.25, 0.3) is 10.8 Å². The van der Waals surface area contributed by atoms with E-state index in [9.17, 15) is 4.79 Å². The van der Waals surface area contributed by atoms with Crippen molar-refractivity contribution in [3.8, 4) is 0 Å². The molecular formula is C8H9N5O. The van der Waals surface area contributed by atoms with E-state index in [1.807, 2.05) is 0 Å². The third kappa shape index (κ3) is 1.12. The predicted molar refractivity (Wildman–Crippen MR) is 52.6 cm³/mol. The van der Waals surface area contributed by atoms with Gasteiger partial charge in [-0.15, -0.1) is 0 Å². The lowest BCUT2D eigenvalue weighted by Gasteiger charge is -2.05. The van der Waals surface area contributed by atoms with Crippen molar-refractivity contribution in [3.63, 3.8) is 0 Å². The molecule has 2 aromatic heterocycles. The van der Waals surface area contributed by atoms with Crippen molar-refractivity contribution in [2.45, 2.75) is 0 Å². The third-order valence-corrected chi connectivity index (χ3v) is 1.99. The van der Waals surface area contributed by atoms with Gasteiger partial charge in [0.2, 0.25) is 0 Å². The summed E-state index contributed by atoms with van der Waals surface area (Å²) in [5, 5.41) is 5.13. The maximum atomic E-state index is 11.6. The summed E-state index contributed by atoms with van der Waals surface area (Å²) in [5.41, 5.74) is 2.25. The maximum Gasteiger partial charge on any atom is 0.276 e. The molecule has 0 unspecified atom stereocenters. The fraction of sp³-hybridized carbons (Fsp3) is 0.125. The van der Waals surface area contributed by atoms with Crippen molar-refractivity contribution in [1.82, 2.24) is 14.8 Å². The number of nitrogen functional groups attached to an aromatic ring is 1. The van der Waals surface area contributed by atoms with Gasteiger partial charge in [-0.2, -0.15) is 5.10 Å². The molecule has 0 saturated heterocycles. The molecule has 0 amide bonds. The van der Waals surface area contributed by atoms with Gasteiger partial charge in [-0.05, 0) is 6.07 Å². The van der Waals surface area contributed by atoms with E-state index in [0.717, 1.165) is 0 Å². The summed E-state index contributed by atoms with van der Waals surface area (Å²) in [6.07, 6.45) is 3.09. The number of nitrogens with one attached hydrogen (secondary N) is 1. The molecule has 2 aromatic rings. The second kappa shape index (κ2) is 3.08. The molecule has 0 atom stereocenters. The Morgan fingerprint density at radius 3 is 3.00 bits per heavy atom. The van der Waals surface area contributed by atoms with Crippen LogP contribution < -0.4 is 16.8 Å². The van der Waals surface area contributed by atoms with E-state index < -0.39 is 0 Å². The summed E-state index contributed by atoms with van der Waals surface area (Å²) in [7, 11) is 1.57. The average Bonchev–Trinajstić information content (AvgIpc) is 2.23. The summed E-state index contributed by atoms with van der Waals surface area (Å²) in [6.45, 7) is 0. The molecule has 0 aliphatic carbocycles. The van der Waals surface area contributed by atoms with Crippen molar-refractivity contribution in [2.75, 3.05) is 5.43 Å². The first kappa shape index (κ1) is 8.64. The molecule has 0 saturated carbocycles. The Hall–Kier alpha value is -1.95. The normalized spacial score (nSPS) is 10.4. The molecule has 14 heavy (non-hydrogen) atoms. The third-order valence-electron chi connectivity index (χ3n) is 1.99. The minimum Gasteiger partial charge on any atom is -0.307 e. The number of hydrogen-bond acceptors (Lipinski definition) is 5. The van der Waals surface area contributed by atoms with E-state index in [-0.39, 0.29) is 5.56 Å². The standard InChI is InChI=1S/C8H9N5O/c1-13-8(14)6-4-10-3-2-5(6)7(11-9)12-13/h2-4H,9H2,1H3,(H,11,12). The maximum absolute atomic E-state index is 11.6. The van der Waals surface area contributed by atoms with E-state index in [2.05, 4.69) is 15.5 Å². The molecule has 0 fully saturated rings. The highest BCUT2D eigenvalue weighted by Gasteiger charge is 2.06. The quantitative estimate of drug-likeness (QED) is 0.473. The number of nitrogens with zero attached hydrogens (tertiary/aromatic N) is 3. The monoisotopic (exact) mass is 191 g/mol. The van der Waals surface area contributed by atoms with Crippen LogP contribution in [0.4, 0.5) is 5.82 Å². The van der Waals surface area contributed by atoms with Gasteiger partial charge < -0.3 is 5.43 Å². The average molecular weight is 191 g/mol. The van der Waals surface area contributed by atoms with Gasteiger partial charge in [0.15, 0.2) is 5.82 Å². The lowest BCUT2D eigenvalue weighted by atomic mass is 10.2. The van der Waals surface area contributed by atoms with Crippen LogP contribution in [0, 0.1) is 0 Å². The Bertz CT molecular complexity index is 533. The number of hydrogen-bond donors (Lipinski definition) is 2. The number of fused-ring (bicyclic) bond motifs is 1. The van der Waals surface area contributed by atoms with E-state index in [1.54, 1.807) is 19.3 Å². The van der Waals surface area contributed by atoms with E-state index in [4.69, 9.17) is 5.84 Å². The number of pyridine rings is 1. The van der Waals surface area contributed by atoms with Crippen LogP contribution in [0.1, 0.15) is 0 Å².